The maximum Gasteiger partial charge on any atom is 0.214 e. The molecule has 2 heterocycles. The Morgan fingerprint density at radius 2 is 1.71 bits per heavy atom. The smallest absolute Gasteiger partial charge is 0.214 e. The van der Waals surface area contributed by atoms with Gasteiger partial charge in [-0.3, -0.25) is 9.69 Å². The van der Waals surface area contributed by atoms with Crippen LogP contribution in [-0.2, 0) is 9.53 Å². The molecular formula is C28H28N4O3. The maximum atomic E-state index is 11.8. The van der Waals surface area contributed by atoms with Crippen LogP contribution in [0.4, 0.5) is 11.4 Å². The number of aromatic amines is 1. The van der Waals surface area contributed by atoms with E-state index in [-0.39, 0.29) is 5.88 Å². The molecule has 1 aromatic heterocycles. The van der Waals surface area contributed by atoms with Gasteiger partial charge in [0.25, 0.3) is 0 Å². The van der Waals surface area contributed by atoms with Crippen molar-refractivity contribution in [1.82, 2.24) is 9.88 Å². The summed E-state index contributed by atoms with van der Waals surface area (Å²) >= 11 is 0. The number of carbonyl (C=O) groups excluding carboxylic acids is 1. The van der Waals surface area contributed by atoms with Crippen LogP contribution in [-0.4, -0.2) is 66.5 Å². The number of para-hydroxylation sites is 1. The standard InChI is InChI=1S/C28H28N4O3/c33-20-32(15-14-31-16-18-35-19-17-31)23-12-10-22(11-13-23)29-27(21-6-2-1-3-7-21)26-24-8-4-5-9-25(24)30-28(26)34/h1-13,20,30,34H,14-19H2. The van der Waals surface area contributed by atoms with Gasteiger partial charge in [0.1, 0.15) is 0 Å². The van der Waals surface area contributed by atoms with Crippen molar-refractivity contribution in [2.75, 3.05) is 44.3 Å². The Bertz CT molecular complexity index is 1310. The summed E-state index contributed by atoms with van der Waals surface area (Å²) in [6, 6.07) is 25.2. The van der Waals surface area contributed by atoms with Gasteiger partial charge >= 0.3 is 0 Å². The predicted octanol–water partition coefficient (Wildman–Crippen LogP) is 4.34. The lowest BCUT2D eigenvalue weighted by atomic mass is 10.0. The number of rotatable bonds is 8. The monoisotopic (exact) mass is 468 g/mol. The highest BCUT2D eigenvalue weighted by atomic mass is 16.5. The summed E-state index contributed by atoms with van der Waals surface area (Å²) in [7, 11) is 0. The van der Waals surface area contributed by atoms with Crippen molar-refractivity contribution in [3.05, 3.63) is 90.0 Å². The van der Waals surface area contributed by atoms with Crippen LogP contribution in [0.5, 0.6) is 5.88 Å². The van der Waals surface area contributed by atoms with E-state index in [1.165, 1.54) is 0 Å². The molecule has 1 fully saturated rings. The highest BCUT2D eigenvalue weighted by molar-refractivity contribution is 6.21. The number of aliphatic imine (C=N–C) groups is 1. The number of H-pyrrole nitrogens is 1. The van der Waals surface area contributed by atoms with Crippen molar-refractivity contribution >= 4 is 34.4 Å². The van der Waals surface area contributed by atoms with Gasteiger partial charge < -0.3 is 19.7 Å². The van der Waals surface area contributed by atoms with Crippen LogP contribution in [0.15, 0.2) is 83.9 Å². The highest BCUT2D eigenvalue weighted by Gasteiger charge is 2.18. The van der Waals surface area contributed by atoms with Crippen LogP contribution < -0.4 is 4.90 Å². The molecule has 7 nitrogen and oxygen atoms in total. The SMILES string of the molecule is O=CN(CCN1CCOCC1)c1ccc(N=C(c2ccccc2)c2c(O)[nH]c3ccccc23)cc1. The Labute approximate surface area is 204 Å². The Morgan fingerprint density at radius 3 is 2.46 bits per heavy atom. The molecule has 0 spiro atoms. The minimum absolute atomic E-state index is 0.0839. The van der Waals surface area contributed by atoms with Crippen molar-refractivity contribution in [2.45, 2.75) is 0 Å². The number of hydrogen-bond acceptors (Lipinski definition) is 5. The van der Waals surface area contributed by atoms with E-state index in [9.17, 15) is 9.90 Å². The molecule has 0 radical (unpaired) electrons. The van der Waals surface area contributed by atoms with Crippen LogP contribution in [0.1, 0.15) is 11.1 Å². The fourth-order valence-electron chi connectivity index (χ4n) is 4.39. The number of amides is 1. The molecule has 3 aromatic carbocycles. The summed E-state index contributed by atoms with van der Waals surface area (Å²) in [6.45, 7) is 4.68. The molecular weight excluding hydrogens is 440 g/mol. The van der Waals surface area contributed by atoms with Gasteiger partial charge in [-0.05, 0) is 30.3 Å². The number of aromatic hydroxyl groups is 1. The summed E-state index contributed by atoms with van der Waals surface area (Å²) < 4.78 is 5.40. The van der Waals surface area contributed by atoms with E-state index >= 15 is 0 Å². The molecule has 0 atom stereocenters. The van der Waals surface area contributed by atoms with E-state index in [2.05, 4.69) is 9.88 Å². The number of carbonyl (C=O) groups is 1. The van der Waals surface area contributed by atoms with Crippen molar-refractivity contribution in [3.8, 4) is 5.88 Å². The molecule has 1 aliphatic heterocycles. The third-order valence-electron chi connectivity index (χ3n) is 6.28. The fraction of sp³-hybridized carbons (Fsp3) is 0.214. The van der Waals surface area contributed by atoms with Gasteiger partial charge in [0.15, 0.2) is 5.88 Å². The summed E-state index contributed by atoms with van der Waals surface area (Å²) in [6.07, 6.45) is 0.873. The number of aromatic nitrogens is 1. The highest BCUT2D eigenvalue weighted by Crippen LogP contribution is 2.31. The van der Waals surface area contributed by atoms with Crippen LogP contribution in [0.25, 0.3) is 10.9 Å². The van der Waals surface area contributed by atoms with Gasteiger partial charge in [0.2, 0.25) is 6.41 Å². The molecule has 1 aliphatic rings. The predicted molar refractivity (Wildman–Crippen MR) is 139 cm³/mol. The molecule has 0 unspecified atom stereocenters. The molecule has 1 saturated heterocycles. The average Bonchev–Trinajstić information content (AvgIpc) is 3.25. The van der Waals surface area contributed by atoms with Crippen LogP contribution in [0.3, 0.4) is 0 Å². The zero-order valence-corrected chi connectivity index (χ0v) is 19.4. The van der Waals surface area contributed by atoms with Gasteiger partial charge in [0, 0.05) is 48.3 Å². The number of hydrogen-bond donors (Lipinski definition) is 2. The number of nitrogens with zero attached hydrogens (tertiary/aromatic N) is 3. The van der Waals surface area contributed by atoms with Gasteiger partial charge in [-0.1, -0.05) is 48.5 Å². The number of ether oxygens (including phenoxy) is 1. The molecule has 1 amide bonds. The quantitative estimate of drug-likeness (QED) is 0.298. The zero-order chi connectivity index (χ0) is 24.0. The molecule has 0 aliphatic carbocycles. The molecule has 178 valence electrons. The lowest BCUT2D eigenvalue weighted by molar-refractivity contribution is -0.107. The normalized spacial score (nSPS) is 14.8. The van der Waals surface area contributed by atoms with Gasteiger partial charge in [-0.15, -0.1) is 0 Å². The van der Waals surface area contributed by atoms with Crippen LogP contribution >= 0.6 is 0 Å². The first kappa shape index (κ1) is 22.8. The molecule has 2 N–H and O–H groups in total. The van der Waals surface area contributed by atoms with E-state index < -0.39 is 0 Å². The third-order valence-corrected chi connectivity index (χ3v) is 6.28. The van der Waals surface area contributed by atoms with E-state index in [0.29, 0.717) is 17.8 Å². The lowest BCUT2D eigenvalue weighted by Crippen LogP contribution is -2.41. The third kappa shape index (κ3) is 5.11. The first-order valence-corrected chi connectivity index (χ1v) is 11.8. The summed E-state index contributed by atoms with van der Waals surface area (Å²) in [5.41, 5.74) is 4.64. The first-order valence-electron chi connectivity index (χ1n) is 11.8. The minimum atomic E-state index is 0.0839. The van der Waals surface area contributed by atoms with Crippen LogP contribution in [0.2, 0.25) is 0 Å². The van der Waals surface area contributed by atoms with E-state index in [4.69, 9.17) is 9.73 Å². The molecule has 4 aromatic rings. The zero-order valence-electron chi connectivity index (χ0n) is 19.4. The number of benzene rings is 3. The Kier molecular flexibility index (Phi) is 6.88. The minimum Gasteiger partial charge on any atom is -0.494 e. The van der Waals surface area contributed by atoms with Gasteiger partial charge in [-0.2, -0.15) is 0 Å². The molecule has 7 heteroatoms. The number of anilines is 1. The summed E-state index contributed by atoms with van der Waals surface area (Å²) in [5, 5.41) is 11.7. The van der Waals surface area contributed by atoms with Crippen LogP contribution in [0, 0.1) is 0 Å². The van der Waals surface area contributed by atoms with Crippen molar-refractivity contribution < 1.29 is 14.6 Å². The van der Waals surface area contributed by atoms with Gasteiger partial charge in [0.05, 0.1) is 30.2 Å². The maximum absolute atomic E-state index is 11.8. The van der Waals surface area contributed by atoms with Crippen molar-refractivity contribution in [1.29, 1.82) is 0 Å². The van der Waals surface area contributed by atoms with E-state index in [1.54, 1.807) is 4.90 Å². The summed E-state index contributed by atoms with van der Waals surface area (Å²) in [5.74, 6) is 0.0839. The number of nitrogens with one attached hydrogen (secondary N) is 1. The Morgan fingerprint density at radius 1 is 1.00 bits per heavy atom. The fourth-order valence-corrected chi connectivity index (χ4v) is 4.39. The van der Waals surface area contributed by atoms with E-state index in [0.717, 1.165) is 67.1 Å². The molecule has 0 bridgehead atoms. The molecule has 35 heavy (non-hydrogen) atoms. The number of morpholine rings is 1. The van der Waals surface area contributed by atoms with Crippen molar-refractivity contribution in [2.24, 2.45) is 4.99 Å². The molecule has 0 saturated carbocycles. The average molecular weight is 469 g/mol. The second kappa shape index (κ2) is 10.5. The Balaban J connectivity index is 1.44. The van der Waals surface area contributed by atoms with E-state index in [1.807, 2.05) is 78.9 Å². The van der Waals surface area contributed by atoms with Crippen molar-refractivity contribution in [3.63, 3.8) is 0 Å². The topological polar surface area (TPSA) is 81.2 Å². The Hall–Kier alpha value is -3.94. The summed E-state index contributed by atoms with van der Waals surface area (Å²) in [4.78, 5) is 23.8. The number of fused-ring (bicyclic) bond motifs is 1. The van der Waals surface area contributed by atoms with Gasteiger partial charge in [-0.25, -0.2) is 4.99 Å². The first-order chi connectivity index (χ1) is 17.2. The molecule has 5 rings (SSSR count). The largest absolute Gasteiger partial charge is 0.494 e. The lowest BCUT2D eigenvalue weighted by Gasteiger charge is -2.28. The second-order valence-corrected chi connectivity index (χ2v) is 8.49. The second-order valence-electron chi connectivity index (χ2n) is 8.49.